The molecule has 0 heterocycles. The Morgan fingerprint density at radius 3 is 2.41 bits per heavy atom. The number of amides is 1. The standard InChI is InChI=1S/C20H15FN2O3S/c21-14-8-10-16(11-9-14)27-23-15-5-3-4-13(12-15)19(24)22-18-7-2-1-6-17(18)20(25)26/h1-12,23H,(H,22,24)(H,25,26). The van der Waals surface area contributed by atoms with Crippen molar-refractivity contribution in [1.29, 1.82) is 0 Å². The number of aromatic carboxylic acids is 1. The Morgan fingerprint density at radius 2 is 1.67 bits per heavy atom. The number of rotatable bonds is 6. The highest BCUT2D eigenvalue weighted by Crippen LogP contribution is 2.23. The molecule has 0 aromatic heterocycles. The Labute approximate surface area is 159 Å². The second kappa shape index (κ2) is 8.37. The largest absolute Gasteiger partial charge is 0.478 e. The third kappa shape index (κ3) is 4.86. The summed E-state index contributed by atoms with van der Waals surface area (Å²) in [5.41, 5.74) is 1.31. The molecular formula is C20H15FN2O3S. The van der Waals surface area contributed by atoms with Crippen LogP contribution in [-0.2, 0) is 0 Å². The second-order valence-corrected chi connectivity index (χ2v) is 6.42. The molecule has 0 fully saturated rings. The van der Waals surface area contributed by atoms with Crippen LogP contribution in [0, 0.1) is 5.82 Å². The topological polar surface area (TPSA) is 78.4 Å². The maximum atomic E-state index is 12.9. The molecule has 0 aliphatic heterocycles. The quantitative estimate of drug-likeness (QED) is 0.529. The highest BCUT2D eigenvalue weighted by Gasteiger charge is 2.13. The van der Waals surface area contributed by atoms with Gasteiger partial charge in [-0.25, -0.2) is 9.18 Å². The van der Waals surface area contributed by atoms with Crippen LogP contribution < -0.4 is 10.0 Å². The van der Waals surface area contributed by atoms with Crippen LogP contribution in [0.25, 0.3) is 0 Å². The highest BCUT2D eigenvalue weighted by atomic mass is 32.2. The van der Waals surface area contributed by atoms with E-state index in [-0.39, 0.29) is 17.1 Å². The van der Waals surface area contributed by atoms with E-state index in [2.05, 4.69) is 10.0 Å². The minimum absolute atomic E-state index is 0.0204. The number of carboxylic acids is 1. The predicted molar refractivity (Wildman–Crippen MR) is 104 cm³/mol. The third-order valence-electron chi connectivity index (χ3n) is 3.63. The first kappa shape index (κ1) is 18.5. The van der Waals surface area contributed by atoms with Gasteiger partial charge in [0.2, 0.25) is 0 Å². The Kier molecular flexibility index (Phi) is 5.73. The summed E-state index contributed by atoms with van der Waals surface area (Å²) in [6.07, 6.45) is 0. The normalized spacial score (nSPS) is 10.3. The molecule has 1 amide bonds. The number of carbonyl (C=O) groups is 2. The molecule has 3 aromatic carbocycles. The van der Waals surface area contributed by atoms with Crippen molar-refractivity contribution in [1.82, 2.24) is 0 Å². The van der Waals surface area contributed by atoms with Crippen LogP contribution in [0.4, 0.5) is 15.8 Å². The van der Waals surface area contributed by atoms with Gasteiger partial charge in [-0.05, 0) is 66.5 Å². The van der Waals surface area contributed by atoms with Gasteiger partial charge in [-0.1, -0.05) is 18.2 Å². The first-order valence-electron chi connectivity index (χ1n) is 7.95. The fourth-order valence-electron chi connectivity index (χ4n) is 2.32. The number of carboxylic acid groups (broad SMARTS) is 1. The molecule has 0 saturated heterocycles. The molecule has 3 rings (SSSR count). The number of benzene rings is 3. The van der Waals surface area contributed by atoms with Crippen LogP contribution in [0.15, 0.2) is 77.7 Å². The van der Waals surface area contributed by atoms with Gasteiger partial charge in [0, 0.05) is 16.1 Å². The van der Waals surface area contributed by atoms with Crippen molar-refractivity contribution in [3.63, 3.8) is 0 Å². The van der Waals surface area contributed by atoms with Gasteiger partial charge in [0.1, 0.15) is 5.82 Å². The monoisotopic (exact) mass is 382 g/mol. The van der Waals surface area contributed by atoms with Crippen molar-refractivity contribution in [3.8, 4) is 0 Å². The van der Waals surface area contributed by atoms with E-state index in [1.807, 2.05) is 0 Å². The average Bonchev–Trinajstić information content (AvgIpc) is 2.68. The molecule has 0 spiro atoms. The maximum Gasteiger partial charge on any atom is 0.337 e. The Morgan fingerprint density at radius 1 is 0.926 bits per heavy atom. The number of halogens is 1. The minimum Gasteiger partial charge on any atom is -0.478 e. The fourth-order valence-corrected chi connectivity index (χ4v) is 2.95. The molecule has 0 bridgehead atoms. The number of carbonyl (C=O) groups excluding carboxylic acids is 1. The van der Waals surface area contributed by atoms with Gasteiger partial charge in [0.15, 0.2) is 0 Å². The molecule has 136 valence electrons. The molecule has 0 aliphatic carbocycles. The van der Waals surface area contributed by atoms with E-state index in [1.165, 1.54) is 36.2 Å². The van der Waals surface area contributed by atoms with Crippen LogP contribution in [-0.4, -0.2) is 17.0 Å². The zero-order valence-electron chi connectivity index (χ0n) is 14.0. The van der Waals surface area contributed by atoms with Gasteiger partial charge in [-0.15, -0.1) is 0 Å². The third-order valence-corrected chi connectivity index (χ3v) is 4.48. The maximum absolute atomic E-state index is 12.9. The summed E-state index contributed by atoms with van der Waals surface area (Å²) < 4.78 is 16.0. The van der Waals surface area contributed by atoms with Gasteiger partial charge in [-0.3, -0.25) is 4.79 Å². The zero-order valence-corrected chi connectivity index (χ0v) is 14.8. The smallest absolute Gasteiger partial charge is 0.337 e. The molecule has 7 heteroatoms. The lowest BCUT2D eigenvalue weighted by Crippen LogP contribution is -2.14. The predicted octanol–water partition coefficient (Wildman–Crippen LogP) is 4.90. The molecule has 5 nitrogen and oxygen atoms in total. The molecule has 27 heavy (non-hydrogen) atoms. The van der Waals surface area contributed by atoms with E-state index in [1.54, 1.807) is 48.5 Å². The van der Waals surface area contributed by atoms with Gasteiger partial charge >= 0.3 is 5.97 Å². The summed E-state index contributed by atoms with van der Waals surface area (Å²) in [6, 6.07) is 19.0. The summed E-state index contributed by atoms with van der Waals surface area (Å²) in [5, 5.41) is 11.8. The highest BCUT2D eigenvalue weighted by molar-refractivity contribution is 8.00. The molecule has 0 saturated carbocycles. The molecule has 0 aliphatic rings. The zero-order chi connectivity index (χ0) is 19.2. The first-order chi connectivity index (χ1) is 13.0. The summed E-state index contributed by atoms with van der Waals surface area (Å²) in [7, 11) is 0. The van der Waals surface area contributed by atoms with Crippen LogP contribution in [0.1, 0.15) is 20.7 Å². The van der Waals surface area contributed by atoms with Gasteiger partial charge in [0.05, 0.1) is 11.3 Å². The SMILES string of the molecule is O=C(Nc1ccccc1C(=O)O)c1cccc(NSc2ccc(F)cc2)c1. The van der Waals surface area contributed by atoms with Gasteiger partial charge in [-0.2, -0.15) is 0 Å². The Bertz CT molecular complexity index is 977. The van der Waals surface area contributed by atoms with E-state index >= 15 is 0 Å². The van der Waals surface area contributed by atoms with Crippen LogP contribution in [0.3, 0.4) is 0 Å². The van der Waals surface area contributed by atoms with Crippen molar-refractivity contribution in [3.05, 3.63) is 89.7 Å². The van der Waals surface area contributed by atoms with Crippen molar-refractivity contribution in [2.45, 2.75) is 4.90 Å². The van der Waals surface area contributed by atoms with Crippen LogP contribution in [0.5, 0.6) is 0 Å². The number of nitrogens with one attached hydrogen (secondary N) is 2. The van der Waals surface area contributed by atoms with E-state index in [4.69, 9.17) is 0 Å². The van der Waals surface area contributed by atoms with Crippen molar-refractivity contribution in [2.75, 3.05) is 10.0 Å². The van der Waals surface area contributed by atoms with Crippen LogP contribution >= 0.6 is 11.9 Å². The average molecular weight is 382 g/mol. The van der Waals surface area contributed by atoms with Crippen molar-refractivity contribution in [2.24, 2.45) is 0 Å². The van der Waals surface area contributed by atoms with Crippen molar-refractivity contribution < 1.29 is 19.1 Å². The fraction of sp³-hybridized carbons (Fsp3) is 0. The first-order valence-corrected chi connectivity index (χ1v) is 8.77. The lowest BCUT2D eigenvalue weighted by atomic mass is 10.1. The molecule has 3 aromatic rings. The molecule has 0 unspecified atom stereocenters. The molecule has 0 radical (unpaired) electrons. The minimum atomic E-state index is -1.11. The van der Waals surface area contributed by atoms with Gasteiger partial charge in [0.25, 0.3) is 5.91 Å². The van der Waals surface area contributed by atoms with E-state index in [9.17, 15) is 19.1 Å². The lowest BCUT2D eigenvalue weighted by molar-refractivity contribution is 0.0698. The van der Waals surface area contributed by atoms with Gasteiger partial charge < -0.3 is 15.1 Å². The summed E-state index contributed by atoms with van der Waals surface area (Å²) >= 11 is 1.29. The van der Waals surface area contributed by atoms with Crippen molar-refractivity contribution >= 4 is 35.2 Å². The number of hydrogen-bond acceptors (Lipinski definition) is 4. The summed E-state index contributed by atoms with van der Waals surface area (Å²) in [5.74, 6) is -1.84. The number of hydrogen-bond donors (Lipinski definition) is 3. The Balaban J connectivity index is 1.70. The molecule has 3 N–H and O–H groups in total. The van der Waals surface area contributed by atoms with E-state index in [0.717, 1.165) is 4.90 Å². The lowest BCUT2D eigenvalue weighted by Gasteiger charge is -2.10. The number of anilines is 2. The summed E-state index contributed by atoms with van der Waals surface area (Å²) in [4.78, 5) is 24.5. The Hall–Kier alpha value is -3.32. The molecular weight excluding hydrogens is 367 g/mol. The second-order valence-electron chi connectivity index (χ2n) is 5.54. The van der Waals surface area contributed by atoms with E-state index < -0.39 is 11.9 Å². The summed E-state index contributed by atoms with van der Waals surface area (Å²) in [6.45, 7) is 0. The molecule has 0 atom stereocenters. The number of para-hydroxylation sites is 1. The van der Waals surface area contributed by atoms with E-state index in [0.29, 0.717) is 11.3 Å². The van der Waals surface area contributed by atoms with Crippen LogP contribution in [0.2, 0.25) is 0 Å².